The first-order chi connectivity index (χ1) is 27.9. The number of methoxy groups -OCH3 is 1. The summed E-state index contributed by atoms with van der Waals surface area (Å²) in [5, 5.41) is 22.3. The Labute approximate surface area is 345 Å². The van der Waals surface area contributed by atoms with Gasteiger partial charge in [-0.15, -0.1) is 11.3 Å². The quantitative estimate of drug-likeness (QED) is 0.0935. The highest BCUT2D eigenvalue weighted by Crippen LogP contribution is 2.23. The van der Waals surface area contributed by atoms with Crippen molar-refractivity contribution < 1.29 is 29.0 Å². The highest BCUT2D eigenvalue weighted by atomic mass is 32.1. The van der Waals surface area contributed by atoms with E-state index >= 15 is 0 Å². The number of aliphatic hydroxyl groups is 1. The second-order valence-corrected chi connectivity index (χ2v) is 16.1. The molecule has 58 heavy (non-hydrogen) atoms. The molecule has 4 aromatic rings. The zero-order valence-electron chi connectivity index (χ0n) is 34.1. The van der Waals surface area contributed by atoms with E-state index in [0.29, 0.717) is 26.1 Å². The maximum atomic E-state index is 14.3. The SMILES string of the molecule is CCC(C)C(NC(=O)OC)C(=O)NN(Cc1ccc(-c2ccccn2)cc1)CC(O)C(Cc1ccccc1)NC(=O)C(C(C)C)N1CCN(Cc2csc(C)n2)C1=O. The van der Waals surface area contributed by atoms with Gasteiger partial charge in [-0.25, -0.2) is 19.6 Å². The van der Waals surface area contributed by atoms with E-state index in [1.54, 1.807) is 21.0 Å². The Morgan fingerprint density at radius 2 is 1.67 bits per heavy atom. The number of aryl methyl sites for hydroxylation is 1. The van der Waals surface area contributed by atoms with E-state index in [9.17, 15) is 24.3 Å². The molecule has 0 aliphatic carbocycles. The second-order valence-electron chi connectivity index (χ2n) is 15.1. The van der Waals surface area contributed by atoms with Crippen LogP contribution in [-0.4, -0.2) is 105 Å². The monoisotopic (exact) mass is 812 g/mol. The minimum atomic E-state index is -1.20. The summed E-state index contributed by atoms with van der Waals surface area (Å²) in [6.45, 7) is 10.8. The number of hydrazine groups is 1. The van der Waals surface area contributed by atoms with Crippen molar-refractivity contribution in [3.05, 3.63) is 106 Å². The molecule has 1 fully saturated rings. The number of carbonyl (C=O) groups is 4. The van der Waals surface area contributed by atoms with Gasteiger partial charge in [0, 0.05) is 43.3 Å². The van der Waals surface area contributed by atoms with E-state index in [2.05, 4.69) is 26.0 Å². The van der Waals surface area contributed by atoms with E-state index in [4.69, 9.17) is 4.74 Å². The van der Waals surface area contributed by atoms with Gasteiger partial charge in [-0.3, -0.25) is 20.0 Å². The van der Waals surface area contributed by atoms with Gasteiger partial charge in [-0.05, 0) is 48.4 Å². The molecule has 1 saturated heterocycles. The van der Waals surface area contributed by atoms with Crippen molar-refractivity contribution in [2.45, 2.75) is 84.8 Å². The molecule has 5 unspecified atom stereocenters. The number of urea groups is 1. The molecule has 0 saturated carbocycles. The highest BCUT2D eigenvalue weighted by molar-refractivity contribution is 7.09. The number of pyridine rings is 1. The van der Waals surface area contributed by atoms with Gasteiger partial charge in [-0.2, -0.15) is 0 Å². The second kappa shape index (κ2) is 20.9. The number of thiazole rings is 1. The number of ether oxygens (including phenoxy) is 1. The van der Waals surface area contributed by atoms with Crippen molar-refractivity contribution in [3.63, 3.8) is 0 Å². The molecule has 15 heteroatoms. The Morgan fingerprint density at radius 3 is 2.29 bits per heavy atom. The molecule has 5 atom stereocenters. The molecule has 2 aromatic carbocycles. The molecule has 14 nitrogen and oxygen atoms in total. The zero-order chi connectivity index (χ0) is 41.8. The topological polar surface area (TPSA) is 169 Å². The fourth-order valence-corrected chi connectivity index (χ4v) is 7.66. The summed E-state index contributed by atoms with van der Waals surface area (Å²) in [4.78, 5) is 66.5. The number of hydrogen-bond donors (Lipinski definition) is 4. The predicted molar refractivity (Wildman–Crippen MR) is 223 cm³/mol. The fraction of sp³-hybridized carbons (Fsp3) is 0.442. The average molecular weight is 813 g/mol. The first kappa shape index (κ1) is 43.7. The van der Waals surface area contributed by atoms with Gasteiger partial charge in [0.05, 0.1) is 42.2 Å². The van der Waals surface area contributed by atoms with Gasteiger partial charge < -0.3 is 30.3 Å². The number of alkyl carbamates (subject to hydrolysis) is 1. The molecule has 4 N–H and O–H groups in total. The Balaban J connectivity index is 1.39. The molecule has 310 valence electrons. The summed E-state index contributed by atoms with van der Waals surface area (Å²) in [5.41, 5.74) is 7.22. The Hall–Kier alpha value is -5.38. The lowest BCUT2D eigenvalue weighted by Gasteiger charge is -2.35. The summed E-state index contributed by atoms with van der Waals surface area (Å²) in [6, 6.07) is 20.2. The lowest BCUT2D eigenvalue weighted by molar-refractivity contribution is -0.131. The molecule has 1 aliphatic rings. The van der Waals surface area contributed by atoms with Crippen molar-refractivity contribution in [2.75, 3.05) is 26.7 Å². The van der Waals surface area contributed by atoms with Crippen molar-refractivity contribution in [1.82, 2.24) is 40.8 Å². The molecule has 5 rings (SSSR count). The summed E-state index contributed by atoms with van der Waals surface area (Å²) in [6.07, 6.45) is 0.680. The van der Waals surface area contributed by atoms with Gasteiger partial charge in [-0.1, -0.05) is 94.8 Å². The van der Waals surface area contributed by atoms with Crippen LogP contribution in [0.3, 0.4) is 0 Å². The largest absolute Gasteiger partial charge is 0.453 e. The maximum Gasteiger partial charge on any atom is 0.407 e. The van der Waals surface area contributed by atoms with E-state index in [1.807, 2.05) is 113 Å². The van der Waals surface area contributed by atoms with E-state index in [1.165, 1.54) is 18.4 Å². The van der Waals surface area contributed by atoms with E-state index < -0.39 is 36.2 Å². The lowest BCUT2D eigenvalue weighted by atomic mass is 9.97. The number of amides is 5. The fourth-order valence-electron chi connectivity index (χ4n) is 7.06. The van der Waals surface area contributed by atoms with Gasteiger partial charge in [0.2, 0.25) is 5.91 Å². The molecular weight excluding hydrogens is 757 g/mol. The highest BCUT2D eigenvalue weighted by Gasteiger charge is 2.40. The van der Waals surface area contributed by atoms with Gasteiger partial charge in [0.1, 0.15) is 12.1 Å². The van der Waals surface area contributed by atoms with Crippen LogP contribution in [0, 0.1) is 18.8 Å². The summed E-state index contributed by atoms with van der Waals surface area (Å²) < 4.78 is 4.82. The van der Waals surface area contributed by atoms with Crippen LogP contribution < -0.4 is 16.1 Å². The molecule has 0 spiro atoms. The van der Waals surface area contributed by atoms with Crippen LogP contribution in [0.4, 0.5) is 9.59 Å². The minimum absolute atomic E-state index is 0.0905. The predicted octanol–water partition coefficient (Wildman–Crippen LogP) is 5.17. The van der Waals surface area contributed by atoms with E-state index in [0.717, 1.165) is 33.1 Å². The molecule has 2 aromatic heterocycles. The van der Waals surface area contributed by atoms with Crippen LogP contribution in [0.1, 0.15) is 55.9 Å². The van der Waals surface area contributed by atoms with Crippen LogP contribution in [0.5, 0.6) is 0 Å². The smallest absolute Gasteiger partial charge is 0.407 e. The zero-order valence-corrected chi connectivity index (χ0v) is 34.9. The van der Waals surface area contributed by atoms with Crippen molar-refractivity contribution in [1.29, 1.82) is 0 Å². The Morgan fingerprint density at radius 1 is 0.948 bits per heavy atom. The first-order valence-corrected chi connectivity index (χ1v) is 20.6. The molecule has 1 aliphatic heterocycles. The van der Waals surface area contributed by atoms with Crippen LogP contribution in [-0.2, 0) is 33.8 Å². The number of aromatic nitrogens is 2. The number of rotatable bonds is 19. The normalized spacial score (nSPS) is 15.5. The van der Waals surface area contributed by atoms with Crippen molar-refractivity contribution in [2.24, 2.45) is 11.8 Å². The third kappa shape index (κ3) is 11.8. The van der Waals surface area contributed by atoms with E-state index in [-0.39, 0.29) is 43.3 Å². The number of aliphatic hydroxyl groups excluding tert-OH is 1. The number of nitrogens with one attached hydrogen (secondary N) is 3. The third-order valence-electron chi connectivity index (χ3n) is 10.4. The number of nitrogens with zero attached hydrogens (tertiary/aromatic N) is 5. The van der Waals surface area contributed by atoms with Gasteiger partial charge in [0.15, 0.2) is 0 Å². The van der Waals surface area contributed by atoms with Crippen molar-refractivity contribution >= 4 is 35.3 Å². The number of carbonyl (C=O) groups excluding carboxylic acids is 4. The minimum Gasteiger partial charge on any atom is -0.453 e. The van der Waals surface area contributed by atoms with Gasteiger partial charge >= 0.3 is 12.1 Å². The number of benzene rings is 2. The molecule has 0 bridgehead atoms. The Kier molecular flexibility index (Phi) is 15.7. The number of hydrogen-bond acceptors (Lipinski definition) is 10. The van der Waals surface area contributed by atoms with Crippen LogP contribution in [0.15, 0.2) is 84.4 Å². The summed E-state index contributed by atoms with van der Waals surface area (Å²) >= 11 is 1.53. The van der Waals surface area contributed by atoms with Crippen LogP contribution in [0.25, 0.3) is 11.3 Å². The molecular formula is C43H56N8O6S. The van der Waals surface area contributed by atoms with Gasteiger partial charge in [0.25, 0.3) is 5.91 Å². The van der Waals surface area contributed by atoms with Crippen LogP contribution >= 0.6 is 11.3 Å². The standard InChI is InChI=1S/C43H56N8O6S/c1-7-29(4)38(47-42(55)57-6)40(53)48-50(24-32-16-18-33(19-17-32)35-15-11-12-20-44-35)26-37(52)36(23-31-13-9-8-10-14-31)46-41(54)39(28(2)3)51-22-21-49(43(51)56)25-34-27-58-30(5)45-34/h8-20,27-29,36-39,52H,7,21-26H2,1-6H3,(H,46,54)(H,47,55)(H,48,53). The van der Waals surface area contributed by atoms with Crippen molar-refractivity contribution in [3.8, 4) is 11.3 Å². The third-order valence-corrected chi connectivity index (χ3v) is 11.2. The van der Waals surface area contributed by atoms with Crippen LogP contribution in [0.2, 0.25) is 0 Å². The average Bonchev–Trinajstić information content (AvgIpc) is 3.80. The summed E-state index contributed by atoms with van der Waals surface area (Å²) in [5.74, 6) is -1.33. The molecule has 0 radical (unpaired) electrons. The first-order valence-electron chi connectivity index (χ1n) is 19.8. The lowest BCUT2D eigenvalue weighted by Crippen LogP contribution is -2.59. The molecule has 5 amide bonds. The molecule has 3 heterocycles. The summed E-state index contributed by atoms with van der Waals surface area (Å²) in [7, 11) is 1.24. The maximum absolute atomic E-state index is 14.3. The Bertz CT molecular complexity index is 1950.